The van der Waals surface area contributed by atoms with Crippen LogP contribution in [0.5, 0.6) is 0 Å². The molecule has 0 aliphatic carbocycles. The molecule has 560 valence electrons. The largest absolute Gasteiger partial charge is 0.472 e. The number of aliphatic hydroxyl groups excluding tert-OH is 2. The first-order chi connectivity index (χ1) is 47.2. The molecule has 0 saturated carbocycles. The van der Waals surface area contributed by atoms with Crippen molar-refractivity contribution in [3.8, 4) is 0 Å². The van der Waals surface area contributed by atoms with E-state index in [1.165, 1.54) is 135 Å². The van der Waals surface area contributed by atoms with Crippen LogP contribution in [0.25, 0.3) is 0 Å². The normalized spacial score (nSPS) is 14.7. The summed E-state index contributed by atoms with van der Waals surface area (Å²) in [7, 11) is -9.79. The number of hydrogen-bond donors (Lipinski definition) is 4. The van der Waals surface area contributed by atoms with E-state index in [4.69, 9.17) is 32.3 Å². The molecule has 0 bridgehead atoms. The van der Waals surface area contributed by atoms with Crippen molar-refractivity contribution in [1.29, 1.82) is 0 Å². The van der Waals surface area contributed by atoms with Gasteiger partial charge in [0.15, 0.2) is 6.10 Å². The number of hydrogen-bond acceptors (Lipinski definition) is 14. The number of esters is 3. The van der Waals surface area contributed by atoms with Crippen molar-refractivity contribution in [3.05, 3.63) is 109 Å². The third-order valence-corrected chi connectivity index (χ3v) is 17.9. The minimum atomic E-state index is -4.93. The Morgan fingerprint density at radius 1 is 0.299 bits per heavy atom. The zero-order valence-corrected chi connectivity index (χ0v) is 62.8. The maximum absolute atomic E-state index is 13.0. The fourth-order valence-electron chi connectivity index (χ4n) is 10.2. The summed E-state index contributed by atoms with van der Waals surface area (Å²) in [5.74, 6) is -1.61. The smallest absolute Gasteiger partial charge is 0.463 e. The van der Waals surface area contributed by atoms with Crippen LogP contribution in [0.2, 0.25) is 0 Å². The molecule has 0 aromatic heterocycles. The van der Waals surface area contributed by atoms with Gasteiger partial charge in [0.25, 0.3) is 0 Å². The second-order valence-electron chi connectivity index (χ2n) is 25.4. The summed E-state index contributed by atoms with van der Waals surface area (Å²) in [5.41, 5.74) is 0. The lowest BCUT2D eigenvalue weighted by atomic mass is 10.0. The van der Waals surface area contributed by atoms with Gasteiger partial charge in [0.05, 0.1) is 26.4 Å². The van der Waals surface area contributed by atoms with Gasteiger partial charge in [0.2, 0.25) is 0 Å². The van der Waals surface area contributed by atoms with E-state index in [-0.39, 0.29) is 19.3 Å². The molecule has 97 heavy (non-hydrogen) atoms. The quantitative estimate of drug-likeness (QED) is 0.0146. The maximum Gasteiger partial charge on any atom is 0.472 e. The summed E-state index contributed by atoms with van der Waals surface area (Å²) in [6.45, 7) is 2.52. The molecule has 18 heteroatoms. The second kappa shape index (κ2) is 72.0. The summed E-state index contributed by atoms with van der Waals surface area (Å²) in [5, 5.41) is 20.6. The molecular formula is C79H138O16P2. The van der Waals surface area contributed by atoms with Gasteiger partial charge in [-0.25, -0.2) is 9.13 Å². The van der Waals surface area contributed by atoms with Crippen LogP contribution in [0, 0.1) is 0 Å². The zero-order valence-electron chi connectivity index (χ0n) is 61.0. The Morgan fingerprint density at radius 2 is 0.546 bits per heavy atom. The average Bonchev–Trinajstić information content (AvgIpc) is 2.48. The number of allylic oxidation sites excluding steroid dienone is 18. The molecular weight excluding hydrogens is 1270 g/mol. The zero-order chi connectivity index (χ0) is 70.9. The van der Waals surface area contributed by atoms with Gasteiger partial charge in [-0.2, -0.15) is 0 Å². The number of phosphoric acid groups is 2. The van der Waals surface area contributed by atoms with Crippen molar-refractivity contribution < 1.29 is 75.8 Å². The van der Waals surface area contributed by atoms with E-state index in [0.29, 0.717) is 19.3 Å². The maximum atomic E-state index is 13.0. The van der Waals surface area contributed by atoms with E-state index in [1.807, 2.05) is 0 Å². The molecule has 0 fully saturated rings. The molecule has 0 aromatic carbocycles. The van der Waals surface area contributed by atoms with Gasteiger partial charge in [-0.3, -0.25) is 32.5 Å². The lowest BCUT2D eigenvalue weighted by Crippen LogP contribution is -2.30. The molecule has 0 rings (SSSR count). The van der Waals surface area contributed by atoms with Crippen LogP contribution < -0.4 is 0 Å². The van der Waals surface area contributed by atoms with Gasteiger partial charge in [-0.15, -0.1) is 0 Å². The Bertz CT molecular complexity index is 2200. The minimum absolute atomic E-state index is 0.0990. The monoisotopic (exact) mass is 1400 g/mol. The van der Waals surface area contributed by atoms with Gasteiger partial charge < -0.3 is 34.2 Å². The van der Waals surface area contributed by atoms with E-state index in [9.17, 15) is 43.5 Å². The highest BCUT2D eigenvalue weighted by Crippen LogP contribution is 2.45. The third kappa shape index (κ3) is 73.3. The molecule has 0 heterocycles. The van der Waals surface area contributed by atoms with Crippen LogP contribution >= 0.6 is 15.6 Å². The summed E-state index contributed by atoms with van der Waals surface area (Å²) in [6.07, 6.45) is 82.8. The van der Waals surface area contributed by atoms with Crippen LogP contribution in [0.4, 0.5) is 0 Å². The number of unbranched alkanes of at least 4 members (excludes halogenated alkanes) is 31. The van der Waals surface area contributed by atoms with Crippen molar-refractivity contribution in [1.82, 2.24) is 0 Å². The fraction of sp³-hybridized carbons (Fsp3) is 0.734. The first-order valence-corrected chi connectivity index (χ1v) is 41.2. The summed E-state index contributed by atoms with van der Waals surface area (Å²) < 4.78 is 61.1. The molecule has 0 aliphatic heterocycles. The summed E-state index contributed by atoms with van der Waals surface area (Å²) in [6, 6.07) is 0. The highest BCUT2D eigenvalue weighted by Gasteiger charge is 2.29. The number of phosphoric ester groups is 2. The molecule has 0 radical (unpaired) electrons. The van der Waals surface area contributed by atoms with Crippen LogP contribution in [-0.4, -0.2) is 95.9 Å². The molecule has 4 N–H and O–H groups in total. The molecule has 5 unspecified atom stereocenters. The molecule has 0 amide bonds. The first-order valence-electron chi connectivity index (χ1n) is 38.2. The van der Waals surface area contributed by atoms with Crippen LogP contribution in [0.3, 0.4) is 0 Å². The number of carbonyl (C=O) groups is 3. The van der Waals surface area contributed by atoms with Crippen molar-refractivity contribution in [2.75, 3.05) is 39.6 Å². The minimum Gasteiger partial charge on any atom is -0.463 e. The number of ether oxygens (including phenoxy) is 3. The van der Waals surface area contributed by atoms with Gasteiger partial charge in [0, 0.05) is 19.3 Å². The molecule has 0 spiro atoms. The Labute approximate surface area is 590 Å². The van der Waals surface area contributed by atoms with Crippen LogP contribution in [0.15, 0.2) is 109 Å². The molecule has 0 aliphatic rings. The molecule has 0 saturated heterocycles. The Morgan fingerprint density at radius 3 is 0.897 bits per heavy atom. The first kappa shape index (κ1) is 93.2. The average molecular weight is 1410 g/mol. The van der Waals surface area contributed by atoms with E-state index >= 15 is 0 Å². The third-order valence-electron chi connectivity index (χ3n) is 16.0. The lowest BCUT2D eigenvalue weighted by molar-refractivity contribution is -0.161. The van der Waals surface area contributed by atoms with E-state index in [1.54, 1.807) is 0 Å². The van der Waals surface area contributed by atoms with E-state index in [2.05, 4.69) is 130 Å². The molecule has 16 nitrogen and oxygen atoms in total. The lowest BCUT2D eigenvalue weighted by Gasteiger charge is -2.21. The SMILES string of the molecule is CC/C=C\C/C=C\C/C=C\C/C=C\C/C=C\CCCCCC(=O)OCC(COP(=O)(O)OCC(O)COP(=O)(O)OCC(O)COC(=O)CCCCCCCCCCCCC/C=C\C/C=C\C/C=C\C/C=C\CCCCC)OC(=O)CCCCCCCCCCCCCCCCC. The predicted molar refractivity (Wildman–Crippen MR) is 399 cm³/mol. The van der Waals surface area contributed by atoms with Crippen LogP contribution in [-0.2, 0) is 55.8 Å². The Balaban J connectivity index is 4.57. The van der Waals surface area contributed by atoms with E-state index in [0.717, 1.165) is 122 Å². The topological polar surface area (TPSA) is 231 Å². The van der Waals surface area contributed by atoms with Crippen molar-refractivity contribution >= 4 is 33.6 Å². The van der Waals surface area contributed by atoms with Crippen molar-refractivity contribution in [3.63, 3.8) is 0 Å². The molecule has 5 atom stereocenters. The number of carbonyl (C=O) groups excluding carboxylic acids is 3. The molecule has 0 aromatic rings. The van der Waals surface area contributed by atoms with Gasteiger partial charge >= 0.3 is 33.6 Å². The summed E-state index contributed by atoms with van der Waals surface area (Å²) >= 11 is 0. The van der Waals surface area contributed by atoms with Gasteiger partial charge in [-0.1, -0.05) is 297 Å². The highest BCUT2D eigenvalue weighted by molar-refractivity contribution is 7.47. The fourth-order valence-corrected chi connectivity index (χ4v) is 11.8. The standard InChI is InChI=1S/C79H138O16P2/c1-4-7-10-13-16-19-22-25-28-30-32-33-34-35-36-37-38-39-41-43-45-47-50-53-56-59-62-65-77(82)89-68-74(80)69-91-96(85,86)92-70-75(81)71-93-97(87,88)94-73-76(95-79(84)67-64-61-58-55-52-49-44-27-24-21-18-15-12-9-6-3)72-90-78(83)66-63-60-57-54-51-48-46-42-40-31-29-26-23-20-17-14-11-8-5-2/h8,11,16-17,19-20,25-26,28-29,32-33,35-36,40,42,48,51,74-76,80-81H,4-7,9-10,12-15,18,21-24,27,30-31,34,37-39,41,43-47,49-50,52-73H2,1-3H3,(H,85,86)(H,87,88)/b11-8-,19-16-,20-17-,28-25-,29-26-,33-32-,36-35-,42-40-,51-48-. The van der Waals surface area contributed by atoms with Crippen molar-refractivity contribution in [2.45, 2.75) is 334 Å². The summed E-state index contributed by atoms with van der Waals surface area (Å²) in [4.78, 5) is 58.6. The Kier molecular flexibility index (Phi) is 69.2. The number of rotatable bonds is 72. The second-order valence-corrected chi connectivity index (χ2v) is 28.3. The number of aliphatic hydroxyl groups is 2. The Hall–Kier alpha value is -3.79. The highest BCUT2D eigenvalue weighted by atomic mass is 31.2. The van der Waals surface area contributed by atoms with Crippen LogP contribution in [0.1, 0.15) is 316 Å². The van der Waals surface area contributed by atoms with Crippen molar-refractivity contribution in [2.24, 2.45) is 0 Å². The predicted octanol–water partition coefficient (Wildman–Crippen LogP) is 22.0. The van der Waals surface area contributed by atoms with Gasteiger partial charge in [0.1, 0.15) is 25.4 Å². The van der Waals surface area contributed by atoms with E-state index < -0.39 is 91.5 Å². The van der Waals surface area contributed by atoms with Gasteiger partial charge in [-0.05, 0) is 109 Å².